The summed E-state index contributed by atoms with van der Waals surface area (Å²) in [6.07, 6.45) is 44.3. The van der Waals surface area contributed by atoms with E-state index in [4.69, 9.17) is 22.6 Å². The predicted octanol–water partition coefficient (Wildman–Crippen LogP) is 15.8. The van der Waals surface area contributed by atoms with Crippen molar-refractivity contribution in [3.8, 4) is 0 Å². The van der Waals surface area contributed by atoms with Gasteiger partial charge >= 0.3 is 8.60 Å². The average Bonchev–Trinajstić information content (AvgIpc) is 3.46. The summed E-state index contributed by atoms with van der Waals surface area (Å²) in [5.41, 5.74) is -0.249. The lowest BCUT2D eigenvalue weighted by Crippen LogP contribution is -2.54. The van der Waals surface area contributed by atoms with Gasteiger partial charge in [-0.25, -0.2) is 4.67 Å². The summed E-state index contributed by atoms with van der Waals surface area (Å²) >= 11 is 0. The van der Waals surface area contributed by atoms with Crippen LogP contribution in [-0.2, 0) is 22.6 Å². The van der Waals surface area contributed by atoms with Gasteiger partial charge in [0.05, 0.1) is 33.0 Å². The van der Waals surface area contributed by atoms with Crippen LogP contribution in [0.1, 0.15) is 233 Å². The van der Waals surface area contributed by atoms with Crippen molar-refractivity contribution in [1.82, 2.24) is 4.67 Å². The largest absolute Gasteiger partial charge is 0.332 e. The number of hydrogen-bond acceptors (Lipinski definition) is 6. The Balaban J connectivity index is 1.42. The molecule has 8 heteroatoms. The van der Waals surface area contributed by atoms with Crippen molar-refractivity contribution in [3.05, 3.63) is 0 Å². The molecule has 2 aliphatic rings. The van der Waals surface area contributed by atoms with E-state index in [1.807, 2.05) is 0 Å². The third kappa shape index (κ3) is 25.0. The summed E-state index contributed by atoms with van der Waals surface area (Å²) in [6.45, 7) is 13.4. The van der Waals surface area contributed by atoms with Crippen LogP contribution in [0.3, 0.4) is 0 Å². The van der Waals surface area contributed by atoms with Crippen LogP contribution in [0.5, 0.6) is 0 Å². The molecule has 310 valence electrons. The van der Waals surface area contributed by atoms with Gasteiger partial charge in [0.2, 0.25) is 0 Å². The summed E-state index contributed by atoms with van der Waals surface area (Å²) in [5, 5.41) is 0. The van der Waals surface area contributed by atoms with Crippen LogP contribution < -0.4 is 0 Å². The molecule has 52 heavy (non-hydrogen) atoms. The van der Waals surface area contributed by atoms with Crippen molar-refractivity contribution in [3.63, 3.8) is 0 Å². The number of hydrogen-bond donors (Lipinski definition) is 0. The van der Waals surface area contributed by atoms with Crippen molar-refractivity contribution in [1.29, 1.82) is 0 Å². The molecule has 1 atom stereocenters. The van der Waals surface area contributed by atoms with Crippen LogP contribution in [0.2, 0.25) is 0 Å². The van der Waals surface area contributed by atoms with E-state index in [0.717, 1.165) is 32.6 Å². The molecule has 0 aromatic carbocycles. The number of unbranched alkanes of at least 4 members (excludes halogenated alkanes) is 30. The molecule has 0 aliphatic carbocycles. The Kier molecular flexibility index (Phi) is 32.7. The minimum atomic E-state index is -1.26. The molecule has 2 saturated heterocycles. The van der Waals surface area contributed by atoms with Gasteiger partial charge in [0.1, 0.15) is 5.54 Å². The fraction of sp³-hybridized carbons (Fsp3) is 1.00. The summed E-state index contributed by atoms with van der Waals surface area (Å²) in [4.78, 5) is 0. The van der Waals surface area contributed by atoms with Crippen LogP contribution >= 0.6 is 17.1 Å². The maximum absolute atomic E-state index is 6.39. The highest BCUT2D eigenvalue weighted by Gasteiger charge is 2.53. The van der Waals surface area contributed by atoms with E-state index < -0.39 is 17.1 Å². The fourth-order valence-electron chi connectivity index (χ4n) is 7.52. The average molecular weight is 774 g/mol. The van der Waals surface area contributed by atoms with E-state index in [0.29, 0.717) is 25.7 Å². The van der Waals surface area contributed by atoms with Gasteiger partial charge in [0, 0.05) is 6.54 Å². The first kappa shape index (κ1) is 48.8. The Hall–Kier alpha value is 0.620. The van der Waals surface area contributed by atoms with Crippen LogP contribution in [0.4, 0.5) is 0 Å². The Morgan fingerprint density at radius 1 is 0.442 bits per heavy atom. The number of rotatable bonds is 38. The first-order valence-electron chi connectivity index (χ1n) is 23.1. The molecule has 2 heterocycles. The molecule has 2 fully saturated rings. The van der Waals surface area contributed by atoms with E-state index >= 15 is 0 Å². The molecule has 2 rings (SSSR count). The molecule has 1 spiro atoms. The van der Waals surface area contributed by atoms with Crippen molar-refractivity contribution in [2.24, 2.45) is 5.92 Å². The lowest BCUT2D eigenvalue weighted by atomic mass is 10.0. The predicted molar refractivity (Wildman–Crippen MR) is 227 cm³/mol. The molecule has 0 aromatic rings. The molecule has 0 amide bonds. The molecule has 0 aromatic heterocycles. The van der Waals surface area contributed by atoms with E-state index in [2.05, 4.69) is 32.4 Å². The first-order chi connectivity index (χ1) is 25.6. The monoisotopic (exact) mass is 774 g/mol. The second-order valence-corrected chi connectivity index (χ2v) is 19.5. The second kappa shape index (κ2) is 34.8. The highest BCUT2D eigenvalue weighted by Crippen LogP contribution is 2.58. The zero-order valence-corrected chi connectivity index (χ0v) is 37.1. The lowest BCUT2D eigenvalue weighted by Gasteiger charge is -2.41. The minimum Gasteiger partial charge on any atom is -0.322 e. The normalized spacial score (nSPS) is 20.9. The maximum atomic E-state index is 6.39. The second-order valence-electron chi connectivity index (χ2n) is 16.8. The molecule has 6 nitrogen and oxygen atoms in total. The Morgan fingerprint density at radius 2 is 0.750 bits per heavy atom. The SMILES string of the molecule is CCCCCCCCCCCCCCCCCCOP1OCC2(CO1)COP(OCCCCCCCCCCCCCCCCCC)N2CC(C)C. The summed E-state index contributed by atoms with van der Waals surface area (Å²) in [6, 6.07) is 0. The van der Waals surface area contributed by atoms with Gasteiger partial charge in [-0.2, -0.15) is 0 Å². The first-order valence-corrected chi connectivity index (χ1v) is 25.4. The van der Waals surface area contributed by atoms with Crippen molar-refractivity contribution in [2.75, 3.05) is 39.6 Å². The molecular weight excluding hydrogens is 684 g/mol. The molecular formula is C44H89NO5P2. The van der Waals surface area contributed by atoms with Gasteiger partial charge in [-0.1, -0.05) is 220 Å². The van der Waals surface area contributed by atoms with Crippen molar-refractivity contribution in [2.45, 2.75) is 239 Å². The van der Waals surface area contributed by atoms with Crippen LogP contribution in [0, 0.1) is 5.92 Å². The van der Waals surface area contributed by atoms with Crippen molar-refractivity contribution < 1.29 is 22.6 Å². The Morgan fingerprint density at radius 3 is 1.10 bits per heavy atom. The topological polar surface area (TPSA) is 49.4 Å². The van der Waals surface area contributed by atoms with Crippen LogP contribution in [0.15, 0.2) is 0 Å². The van der Waals surface area contributed by atoms with E-state index in [9.17, 15) is 0 Å². The van der Waals surface area contributed by atoms with E-state index in [1.165, 1.54) is 193 Å². The Labute approximate surface area is 327 Å². The van der Waals surface area contributed by atoms with Crippen LogP contribution in [0.25, 0.3) is 0 Å². The summed E-state index contributed by atoms with van der Waals surface area (Å²) in [5.74, 6) is 0.525. The van der Waals surface area contributed by atoms with Crippen LogP contribution in [-0.4, -0.2) is 49.8 Å². The van der Waals surface area contributed by atoms with E-state index in [-0.39, 0.29) is 5.54 Å². The fourth-order valence-corrected chi connectivity index (χ4v) is 10.7. The Bertz CT molecular complexity index is 754. The third-order valence-corrected chi connectivity index (χ3v) is 13.8. The zero-order valence-electron chi connectivity index (χ0n) is 35.3. The maximum Gasteiger partial charge on any atom is 0.332 e. The third-order valence-electron chi connectivity index (χ3n) is 11.0. The van der Waals surface area contributed by atoms with E-state index in [1.54, 1.807) is 0 Å². The van der Waals surface area contributed by atoms with Gasteiger partial charge in [-0.05, 0) is 18.8 Å². The van der Waals surface area contributed by atoms with Gasteiger partial charge in [0.25, 0.3) is 8.53 Å². The molecule has 0 N–H and O–H groups in total. The highest BCUT2D eigenvalue weighted by molar-refractivity contribution is 7.45. The molecule has 2 aliphatic heterocycles. The quantitative estimate of drug-likeness (QED) is 0.0460. The zero-order chi connectivity index (χ0) is 37.2. The molecule has 0 radical (unpaired) electrons. The summed E-state index contributed by atoms with van der Waals surface area (Å²) < 4.78 is 33.6. The molecule has 0 bridgehead atoms. The highest BCUT2D eigenvalue weighted by atomic mass is 31.2. The minimum absolute atomic E-state index is 0.249. The van der Waals surface area contributed by atoms with Crippen molar-refractivity contribution >= 4 is 17.1 Å². The van der Waals surface area contributed by atoms with Gasteiger partial charge in [0.15, 0.2) is 0 Å². The van der Waals surface area contributed by atoms with Gasteiger partial charge in [-0.15, -0.1) is 0 Å². The summed E-state index contributed by atoms with van der Waals surface area (Å²) in [7, 11) is -2.32. The molecule has 0 saturated carbocycles. The smallest absolute Gasteiger partial charge is 0.322 e. The lowest BCUT2D eigenvalue weighted by molar-refractivity contribution is -0.00592. The number of nitrogens with zero attached hydrogens (tertiary/aromatic N) is 1. The standard InChI is InChI=1S/C44H89NO5P2/c1-5-7-9-11-13-15-17-19-21-23-25-27-29-31-33-35-37-46-51-45(39-43(3)4)44(40-48-51)41-49-52(50-42-44)47-38-36-34-32-30-28-26-24-22-20-18-16-14-12-10-8-6-2/h43H,5-42H2,1-4H3. The van der Waals surface area contributed by atoms with Gasteiger partial charge in [-0.3, -0.25) is 0 Å². The van der Waals surface area contributed by atoms with Gasteiger partial charge < -0.3 is 22.6 Å². The molecule has 1 unspecified atom stereocenters.